The van der Waals surface area contributed by atoms with Gasteiger partial charge in [-0.05, 0) is 18.9 Å². The fraction of sp³-hybridized carbons (Fsp3) is 0.333. The highest BCUT2D eigenvalue weighted by Gasteiger charge is 2.25. The molecule has 0 saturated carbocycles. The van der Waals surface area contributed by atoms with Crippen LogP contribution < -0.4 is 16.4 Å². The van der Waals surface area contributed by atoms with E-state index in [9.17, 15) is 4.79 Å². The first-order valence-corrected chi connectivity index (χ1v) is 6.99. The summed E-state index contributed by atoms with van der Waals surface area (Å²) < 4.78 is 5.14. The quantitative estimate of drug-likeness (QED) is 0.879. The van der Waals surface area contributed by atoms with Crippen LogP contribution in [-0.4, -0.2) is 30.3 Å². The summed E-state index contributed by atoms with van der Waals surface area (Å²) in [5.41, 5.74) is 13.7. The molecule has 110 valence electrons. The van der Waals surface area contributed by atoms with Gasteiger partial charge in [0, 0.05) is 11.9 Å². The first kappa shape index (κ1) is 13.5. The van der Waals surface area contributed by atoms with Crippen LogP contribution in [0.4, 0.5) is 16.2 Å². The van der Waals surface area contributed by atoms with Crippen molar-refractivity contribution in [1.29, 1.82) is 0 Å². The molecule has 6 heteroatoms. The molecule has 1 aromatic carbocycles. The monoisotopic (exact) mass is 286 g/mol. The first-order chi connectivity index (χ1) is 10.1. The maximum atomic E-state index is 10.9. The predicted octanol–water partition coefficient (Wildman–Crippen LogP) is 1.88. The number of fused-ring (bicyclic) bond motifs is 1. The van der Waals surface area contributed by atoms with Gasteiger partial charge in [0.25, 0.3) is 0 Å². The summed E-state index contributed by atoms with van der Waals surface area (Å²) in [6.07, 6.45) is 2.50. The van der Waals surface area contributed by atoms with E-state index in [0.29, 0.717) is 12.2 Å². The summed E-state index contributed by atoms with van der Waals surface area (Å²) in [4.78, 5) is 17.4. The van der Waals surface area contributed by atoms with Crippen molar-refractivity contribution in [3.8, 4) is 0 Å². The van der Waals surface area contributed by atoms with Crippen molar-refractivity contribution >= 4 is 28.4 Å². The normalized spacial score (nSPS) is 18.7. The molecule has 3 rings (SSSR count). The van der Waals surface area contributed by atoms with Gasteiger partial charge in [-0.25, -0.2) is 4.79 Å². The zero-order chi connectivity index (χ0) is 14.8. The molecule has 2 heterocycles. The molecule has 1 aromatic heterocycles. The lowest BCUT2D eigenvalue weighted by Gasteiger charge is -2.34. The standard InChI is InChI=1S/C15H18N4O2/c16-12-8-18-13-6-2-1-5-11(13)14(12)19-7-3-4-10(9-19)21-15(17)20/h1-2,5-6,8,10H,3-4,7,9,16H2,(H2,17,20). The Hall–Kier alpha value is -2.50. The number of carbonyl (C=O) groups excluding carboxylic acids is 1. The summed E-state index contributed by atoms with van der Waals surface area (Å²) in [6.45, 7) is 1.47. The maximum Gasteiger partial charge on any atom is 0.404 e. The number of pyridine rings is 1. The van der Waals surface area contributed by atoms with Crippen molar-refractivity contribution in [3.05, 3.63) is 30.5 Å². The largest absolute Gasteiger partial charge is 0.445 e. The molecular weight excluding hydrogens is 268 g/mol. The minimum Gasteiger partial charge on any atom is -0.445 e. The molecular formula is C15H18N4O2. The van der Waals surface area contributed by atoms with Crippen LogP contribution in [0.15, 0.2) is 30.5 Å². The molecule has 1 aliphatic heterocycles. The van der Waals surface area contributed by atoms with Gasteiger partial charge >= 0.3 is 6.09 Å². The highest BCUT2D eigenvalue weighted by molar-refractivity contribution is 5.97. The van der Waals surface area contributed by atoms with Crippen LogP contribution in [-0.2, 0) is 4.74 Å². The minimum absolute atomic E-state index is 0.192. The van der Waals surface area contributed by atoms with Gasteiger partial charge in [-0.3, -0.25) is 4.98 Å². The number of hydrogen-bond acceptors (Lipinski definition) is 5. The fourth-order valence-corrected chi connectivity index (χ4v) is 2.90. The topological polar surface area (TPSA) is 94.5 Å². The van der Waals surface area contributed by atoms with Crippen molar-refractivity contribution < 1.29 is 9.53 Å². The Morgan fingerprint density at radius 3 is 3.00 bits per heavy atom. The summed E-state index contributed by atoms with van der Waals surface area (Å²) in [5, 5.41) is 1.01. The molecule has 1 saturated heterocycles. The second-order valence-corrected chi connectivity index (χ2v) is 5.23. The van der Waals surface area contributed by atoms with E-state index in [1.165, 1.54) is 0 Å². The molecule has 1 atom stereocenters. The van der Waals surface area contributed by atoms with Gasteiger partial charge in [0.05, 0.1) is 29.6 Å². The van der Waals surface area contributed by atoms with Crippen LogP contribution in [0.3, 0.4) is 0 Å². The van der Waals surface area contributed by atoms with E-state index >= 15 is 0 Å². The number of amides is 1. The molecule has 21 heavy (non-hydrogen) atoms. The zero-order valence-corrected chi connectivity index (χ0v) is 11.7. The summed E-state index contributed by atoms with van der Waals surface area (Å²) >= 11 is 0. The second-order valence-electron chi connectivity index (χ2n) is 5.23. The Morgan fingerprint density at radius 1 is 1.38 bits per heavy atom. The number of nitrogen functional groups attached to an aromatic ring is 1. The lowest BCUT2D eigenvalue weighted by Crippen LogP contribution is -2.41. The maximum absolute atomic E-state index is 10.9. The number of hydrogen-bond donors (Lipinski definition) is 2. The predicted molar refractivity (Wildman–Crippen MR) is 82.1 cm³/mol. The Balaban J connectivity index is 1.96. The highest BCUT2D eigenvalue weighted by atomic mass is 16.6. The number of piperidine rings is 1. The number of rotatable bonds is 2. The number of nitrogens with zero attached hydrogens (tertiary/aromatic N) is 2. The molecule has 1 amide bonds. The van der Waals surface area contributed by atoms with Crippen molar-refractivity contribution in [2.45, 2.75) is 18.9 Å². The molecule has 0 aliphatic carbocycles. The lowest BCUT2D eigenvalue weighted by atomic mass is 10.0. The van der Waals surface area contributed by atoms with Crippen LogP contribution in [0.1, 0.15) is 12.8 Å². The van der Waals surface area contributed by atoms with E-state index in [2.05, 4.69) is 9.88 Å². The lowest BCUT2D eigenvalue weighted by molar-refractivity contribution is 0.0966. The van der Waals surface area contributed by atoms with Gasteiger partial charge in [-0.1, -0.05) is 18.2 Å². The number of carbonyl (C=O) groups is 1. The van der Waals surface area contributed by atoms with Crippen LogP contribution in [0.5, 0.6) is 0 Å². The van der Waals surface area contributed by atoms with E-state index < -0.39 is 6.09 Å². The molecule has 6 nitrogen and oxygen atoms in total. The van der Waals surface area contributed by atoms with Gasteiger partial charge in [0.2, 0.25) is 0 Å². The van der Waals surface area contributed by atoms with Gasteiger partial charge in [0.15, 0.2) is 0 Å². The van der Waals surface area contributed by atoms with Gasteiger partial charge < -0.3 is 21.1 Å². The number of benzene rings is 1. The Kier molecular flexibility index (Phi) is 3.51. The summed E-state index contributed by atoms with van der Waals surface area (Å²) in [5.74, 6) is 0. The van der Waals surface area contributed by atoms with Crippen molar-refractivity contribution in [1.82, 2.24) is 4.98 Å². The third-order valence-corrected chi connectivity index (χ3v) is 3.75. The minimum atomic E-state index is -0.727. The average Bonchev–Trinajstić information content (AvgIpc) is 2.46. The molecule has 0 spiro atoms. The molecule has 0 radical (unpaired) electrons. The first-order valence-electron chi connectivity index (χ1n) is 6.99. The summed E-state index contributed by atoms with van der Waals surface area (Å²) in [7, 11) is 0. The van der Waals surface area contributed by atoms with E-state index in [0.717, 1.165) is 36.0 Å². The second kappa shape index (κ2) is 5.47. The Labute approximate surface area is 122 Å². The van der Waals surface area contributed by atoms with E-state index in [-0.39, 0.29) is 6.10 Å². The molecule has 1 aliphatic rings. The molecule has 0 bridgehead atoms. The molecule has 1 fully saturated rings. The SMILES string of the molecule is NC(=O)OC1CCCN(c2c(N)cnc3ccccc23)C1. The smallest absolute Gasteiger partial charge is 0.404 e. The molecule has 1 unspecified atom stereocenters. The van der Waals surface area contributed by atoms with E-state index in [1.54, 1.807) is 6.20 Å². The number of nitrogens with two attached hydrogens (primary N) is 2. The van der Waals surface area contributed by atoms with Crippen molar-refractivity contribution in [3.63, 3.8) is 0 Å². The van der Waals surface area contributed by atoms with Crippen LogP contribution >= 0.6 is 0 Å². The zero-order valence-electron chi connectivity index (χ0n) is 11.7. The number of primary amides is 1. The number of ether oxygens (including phenoxy) is 1. The number of para-hydroxylation sites is 1. The van der Waals surface area contributed by atoms with Crippen molar-refractivity contribution in [2.24, 2.45) is 5.73 Å². The van der Waals surface area contributed by atoms with Crippen LogP contribution in [0, 0.1) is 0 Å². The van der Waals surface area contributed by atoms with Gasteiger partial charge in [-0.15, -0.1) is 0 Å². The highest BCUT2D eigenvalue weighted by Crippen LogP contribution is 2.33. The van der Waals surface area contributed by atoms with E-state index in [4.69, 9.17) is 16.2 Å². The molecule has 4 N–H and O–H groups in total. The van der Waals surface area contributed by atoms with Gasteiger partial charge in [-0.2, -0.15) is 0 Å². The number of anilines is 2. The fourth-order valence-electron chi connectivity index (χ4n) is 2.90. The van der Waals surface area contributed by atoms with Crippen LogP contribution in [0.2, 0.25) is 0 Å². The Morgan fingerprint density at radius 2 is 2.19 bits per heavy atom. The summed E-state index contributed by atoms with van der Waals surface area (Å²) in [6, 6.07) is 7.88. The van der Waals surface area contributed by atoms with Crippen molar-refractivity contribution in [2.75, 3.05) is 23.7 Å². The van der Waals surface area contributed by atoms with E-state index in [1.807, 2.05) is 24.3 Å². The molecule has 2 aromatic rings. The Bertz CT molecular complexity index is 674. The third kappa shape index (κ3) is 2.69. The average molecular weight is 286 g/mol. The number of aromatic nitrogens is 1. The van der Waals surface area contributed by atoms with Crippen LogP contribution in [0.25, 0.3) is 10.9 Å². The third-order valence-electron chi connectivity index (χ3n) is 3.75. The van der Waals surface area contributed by atoms with Gasteiger partial charge in [0.1, 0.15) is 6.10 Å².